The average Bonchev–Trinajstić information content (AvgIpc) is 3.22. The third-order valence-electron chi connectivity index (χ3n) is 5.65. The van der Waals surface area contributed by atoms with Crippen LogP contribution >= 0.6 is 11.3 Å². The quantitative estimate of drug-likeness (QED) is 0.850. The van der Waals surface area contributed by atoms with Gasteiger partial charge in [0, 0.05) is 43.7 Å². The number of thiazole rings is 1. The third-order valence-corrected chi connectivity index (χ3v) is 6.42. The number of ether oxygens (including phenoxy) is 1. The van der Waals surface area contributed by atoms with Crippen molar-refractivity contribution in [2.24, 2.45) is 0 Å². The van der Waals surface area contributed by atoms with Gasteiger partial charge < -0.3 is 9.64 Å². The average molecular weight is 335 g/mol. The van der Waals surface area contributed by atoms with E-state index in [9.17, 15) is 4.79 Å². The summed E-state index contributed by atoms with van der Waals surface area (Å²) in [6.45, 7) is 6.78. The topological polar surface area (TPSA) is 45.7 Å². The van der Waals surface area contributed by atoms with Gasteiger partial charge in [-0.05, 0) is 39.0 Å². The van der Waals surface area contributed by atoms with Gasteiger partial charge in [0.1, 0.15) is 5.69 Å². The number of hydrogen-bond acceptors (Lipinski definition) is 5. The van der Waals surface area contributed by atoms with Crippen LogP contribution < -0.4 is 0 Å². The van der Waals surface area contributed by atoms with E-state index in [0.717, 1.165) is 44.2 Å². The van der Waals surface area contributed by atoms with E-state index in [0.29, 0.717) is 11.8 Å². The molecular formula is C17H25N3O2S. The van der Waals surface area contributed by atoms with Crippen molar-refractivity contribution in [2.45, 2.75) is 50.7 Å². The Hall–Kier alpha value is -0.980. The molecular weight excluding hydrogens is 310 g/mol. The maximum Gasteiger partial charge on any atom is 0.273 e. The third kappa shape index (κ3) is 2.92. The molecule has 3 fully saturated rings. The van der Waals surface area contributed by atoms with Gasteiger partial charge in [-0.2, -0.15) is 0 Å². The highest BCUT2D eigenvalue weighted by Gasteiger charge is 2.48. The lowest BCUT2D eigenvalue weighted by molar-refractivity contribution is -0.0807. The van der Waals surface area contributed by atoms with Crippen LogP contribution in [0, 0.1) is 6.92 Å². The largest absolute Gasteiger partial charge is 0.377 e. The number of piperidine rings is 1. The van der Waals surface area contributed by atoms with Crippen molar-refractivity contribution >= 4 is 17.2 Å². The van der Waals surface area contributed by atoms with Gasteiger partial charge in [-0.15, -0.1) is 11.3 Å². The molecule has 2 atom stereocenters. The van der Waals surface area contributed by atoms with E-state index in [1.54, 1.807) is 11.3 Å². The summed E-state index contributed by atoms with van der Waals surface area (Å²) in [5, 5.41) is 2.85. The molecule has 3 aliphatic heterocycles. The van der Waals surface area contributed by atoms with Crippen LogP contribution in [0.25, 0.3) is 0 Å². The zero-order valence-electron chi connectivity index (χ0n) is 13.8. The minimum Gasteiger partial charge on any atom is -0.377 e. The first-order valence-corrected chi connectivity index (χ1v) is 9.62. The summed E-state index contributed by atoms with van der Waals surface area (Å²) in [5.41, 5.74) is 0.819. The molecule has 0 N–H and O–H groups in total. The number of aromatic nitrogens is 1. The Balaban J connectivity index is 1.43. The van der Waals surface area contributed by atoms with Gasteiger partial charge in [-0.3, -0.25) is 9.69 Å². The lowest BCUT2D eigenvalue weighted by Gasteiger charge is -2.57. The second-order valence-electron chi connectivity index (χ2n) is 7.14. The van der Waals surface area contributed by atoms with Gasteiger partial charge >= 0.3 is 0 Å². The fourth-order valence-electron chi connectivity index (χ4n) is 4.28. The SMILES string of the molecule is Cc1nc(C(=O)N2CCC[C@@]3(CCN3C[C@@H]3CCCO3)C2)cs1. The van der Waals surface area contributed by atoms with Crippen LogP contribution in [0.2, 0.25) is 0 Å². The maximum absolute atomic E-state index is 12.7. The number of amides is 1. The molecule has 4 heterocycles. The second kappa shape index (κ2) is 6.15. The first-order chi connectivity index (χ1) is 11.2. The van der Waals surface area contributed by atoms with Crippen LogP contribution in [-0.4, -0.2) is 65.1 Å². The standard InChI is InChI=1S/C17H25N3O2S/c1-13-18-15(11-23-13)16(21)19-7-3-5-17(12-19)6-8-20(17)10-14-4-2-9-22-14/h11,14H,2-10,12H2,1H3/t14-,17+/m0/s1. The highest BCUT2D eigenvalue weighted by atomic mass is 32.1. The molecule has 6 heteroatoms. The van der Waals surface area contributed by atoms with E-state index in [4.69, 9.17) is 4.74 Å². The molecule has 0 unspecified atom stereocenters. The summed E-state index contributed by atoms with van der Waals surface area (Å²) >= 11 is 1.55. The molecule has 1 amide bonds. The van der Waals surface area contributed by atoms with Crippen molar-refractivity contribution in [1.82, 2.24) is 14.8 Å². The number of hydrogen-bond donors (Lipinski definition) is 0. The lowest BCUT2D eigenvalue weighted by Crippen LogP contribution is -2.68. The van der Waals surface area contributed by atoms with Crippen LogP contribution in [0.5, 0.6) is 0 Å². The molecule has 5 nitrogen and oxygen atoms in total. The van der Waals surface area contributed by atoms with E-state index in [2.05, 4.69) is 9.88 Å². The molecule has 3 saturated heterocycles. The Morgan fingerprint density at radius 1 is 1.43 bits per heavy atom. The molecule has 0 aliphatic carbocycles. The molecule has 1 spiro atoms. The normalized spacial score (nSPS) is 31.5. The maximum atomic E-state index is 12.7. The molecule has 1 aromatic rings. The summed E-state index contributed by atoms with van der Waals surface area (Å²) in [5.74, 6) is 0.109. The number of rotatable bonds is 3. The van der Waals surface area contributed by atoms with Crippen molar-refractivity contribution in [3.8, 4) is 0 Å². The molecule has 1 aromatic heterocycles. The smallest absolute Gasteiger partial charge is 0.273 e. The van der Waals surface area contributed by atoms with Crippen LogP contribution in [0.3, 0.4) is 0 Å². The molecule has 23 heavy (non-hydrogen) atoms. The van der Waals surface area contributed by atoms with Crippen molar-refractivity contribution in [2.75, 3.05) is 32.8 Å². The predicted octanol–water partition coefficient (Wildman–Crippen LogP) is 2.31. The van der Waals surface area contributed by atoms with E-state index in [1.807, 2.05) is 17.2 Å². The minimum atomic E-state index is 0.109. The number of aryl methyl sites for hydroxylation is 1. The molecule has 3 aliphatic rings. The van der Waals surface area contributed by atoms with Gasteiger partial charge in [0.15, 0.2) is 0 Å². The highest BCUT2D eigenvalue weighted by molar-refractivity contribution is 7.09. The fourth-order valence-corrected chi connectivity index (χ4v) is 4.86. The molecule has 126 valence electrons. The number of nitrogens with zero attached hydrogens (tertiary/aromatic N) is 3. The molecule has 0 bridgehead atoms. The van der Waals surface area contributed by atoms with Crippen molar-refractivity contribution < 1.29 is 9.53 Å². The van der Waals surface area contributed by atoms with Crippen molar-refractivity contribution in [3.05, 3.63) is 16.1 Å². The van der Waals surface area contributed by atoms with Crippen molar-refractivity contribution in [1.29, 1.82) is 0 Å². The summed E-state index contributed by atoms with van der Waals surface area (Å²) in [6.07, 6.45) is 6.29. The molecule has 0 saturated carbocycles. The van der Waals surface area contributed by atoms with Gasteiger partial charge in [-0.25, -0.2) is 4.98 Å². The monoisotopic (exact) mass is 335 g/mol. The van der Waals surface area contributed by atoms with E-state index < -0.39 is 0 Å². The summed E-state index contributed by atoms with van der Waals surface area (Å²) in [6, 6.07) is 0. The van der Waals surface area contributed by atoms with Crippen molar-refractivity contribution in [3.63, 3.8) is 0 Å². The van der Waals surface area contributed by atoms with Gasteiger partial charge in [0.2, 0.25) is 0 Å². The zero-order chi connectivity index (χ0) is 15.9. The number of carbonyl (C=O) groups excluding carboxylic acids is 1. The summed E-state index contributed by atoms with van der Waals surface area (Å²) in [4.78, 5) is 21.7. The zero-order valence-corrected chi connectivity index (χ0v) is 14.6. The molecule has 0 radical (unpaired) electrons. The lowest BCUT2D eigenvalue weighted by atomic mass is 9.77. The first kappa shape index (κ1) is 15.5. The molecule has 0 aromatic carbocycles. The Labute approximate surface area is 141 Å². The molecule has 4 rings (SSSR count). The Bertz CT molecular complexity index is 584. The van der Waals surface area contributed by atoms with Gasteiger partial charge in [-0.1, -0.05) is 0 Å². The van der Waals surface area contributed by atoms with Crippen LogP contribution in [0.1, 0.15) is 47.6 Å². The van der Waals surface area contributed by atoms with E-state index >= 15 is 0 Å². The van der Waals surface area contributed by atoms with Crippen LogP contribution in [0.4, 0.5) is 0 Å². The van der Waals surface area contributed by atoms with Gasteiger partial charge in [0.25, 0.3) is 5.91 Å². The Kier molecular flexibility index (Phi) is 4.15. The minimum absolute atomic E-state index is 0.109. The van der Waals surface area contributed by atoms with Crippen LogP contribution in [-0.2, 0) is 4.74 Å². The Morgan fingerprint density at radius 2 is 2.35 bits per heavy atom. The number of carbonyl (C=O) groups is 1. The highest BCUT2D eigenvalue weighted by Crippen LogP contribution is 2.39. The Morgan fingerprint density at radius 3 is 3.00 bits per heavy atom. The summed E-state index contributed by atoms with van der Waals surface area (Å²) < 4.78 is 5.81. The second-order valence-corrected chi connectivity index (χ2v) is 8.20. The predicted molar refractivity (Wildman–Crippen MR) is 89.9 cm³/mol. The fraction of sp³-hybridized carbons (Fsp3) is 0.765. The van der Waals surface area contributed by atoms with E-state index in [1.165, 1.54) is 25.7 Å². The first-order valence-electron chi connectivity index (χ1n) is 8.74. The number of likely N-dealkylation sites (tertiary alicyclic amines) is 2. The van der Waals surface area contributed by atoms with Crippen LogP contribution in [0.15, 0.2) is 5.38 Å². The summed E-state index contributed by atoms with van der Waals surface area (Å²) in [7, 11) is 0. The van der Waals surface area contributed by atoms with Gasteiger partial charge in [0.05, 0.1) is 11.1 Å². The van der Waals surface area contributed by atoms with E-state index in [-0.39, 0.29) is 11.4 Å².